The van der Waals surface area contributed by atoms with E-state index in [2.05, 4.69) is 11.9 Å². The van der Waals surface area contributed by atoms with Gasteiger partial charge in [-0.15, -0.1) is 0 Å². The maximum absolute atomic E-state index is 11.8. The van der Waals surface area contributed by atoms with Crippen LogP contribution < -0.4 is 10.4 Å². The van der Waals surface area contributed by atoms with E-state index in [0.717, 1.165) is 38.9 Å². The summed E-state index contributed by atoms with van der Waals surface area (Å²) >= 11 is 0. The van der Waals surface area contributed by atoms with E-state index >= 15 is 0 Å². The summed E-state index contributed by atoms with van der Waals surface area (Å²) in [4.78, 5) is 15.2. The van der Waals surface area contributed by atoms with Gasteiger partial charge in [0.15, 0.2) is 0 Å². The van der Waals surface area contributed by atoms with Crippen LogP contribution in [-0.4, -0.2) is 12.1 Å². The maximum atomic E-state index is 11.8. The highest BCUT2D eigenvalue weighted by Crippen LogP contribution is 2.36. The highest BCUT2D eigenvalue weighted by atomic mass is 16.5. The summed E-state index contributed by atoms with van der Waals surface area (Å²) in [6, 6.07) is 13.1. The van der Waals surface area contributed by atoms with Gasteiger partial charge in [-0.05, 0) is 49.2 Å². The van der Waals surface area contributed by atoms with Crippen molar-refractivity contribution in [1.29, 1.82) is 0 Å². The first-order valence-electron chi connectivity index (χ1n) is 7.78. The molecule has 0 amide bonds. The number of aromatic nitrogens is 1. The van der Waals surface area contributed by atoms with Crippen molar-refractivity contribution in [3.8, 4) is 16.9 Å². The van der Waals surface area contributed by atoms with E-state index < -0.39 is 0 Å². The summed E-state index contributed by atoms with van der Waals surface area (Å²) in [5, 5.41) is 2.04. The third kappa shape index (κ3) is 2.11. The van der Waals surface area contributed by atoms with Crippen LogP contribution in [0.15, 0.2) is 51.7 Å². The minimum Gasteiger partial charge on any atom is -0.497 e. The van der Waals surface area contributed by atoms with Crippen LogP contribution in [-0.2, 0) is 0 Å². The Morgan fingerprint density at radius 1 is 1.04 bits per heavy atom. The fraction of sp³-hybridized carbons (Fsp3) is 0.150. The first-order chi connectivity index (χ1) is 11.6. The van der Waals surface area contributed by atoms with Crippen LogP contribution in [0.25, 0.3) is 33.0 Å². The zero-order valence-corrected chi connectivity index (χ0v) is 13.8. The van der Waals surface area contributed by atoms with Gasteiger partial charge in [0.1, 0.15) is 11.3 Å². The van der Waals surface area contributed by atoms with Crippen LogP contribution in [0, 0.1) is 13.8 Å². The number of H-pyrrole nitrogens is 1. The number of ether oxygens (including phenoxy) is 1. The highest BCUT2D eigenvalue weighted by molar-refractivity contribution is 6.12. The summed E-state index contributed by atoms with van der Waals surface area (Å²) in [6.45, 7) is 4.12. The topological polar surface area (TPSA) is 55.2 Å². The van der Waals surface area contributed by atoms with E-state index in [1.54, 1.807) is 7.11 Å². The van der Waals surface area contributed by atoms with Crippen molar-refractivity contribution in [3.05, 3.63) is 64.1 Å². The summed E-state index contributed by atoms with van der Waals surface area (Å²) in [5.74, 6) is 0.789. The molecule has 0 bridgehead atoms. The van der Waals surface area contributed by atoms with Crippen LogP contribution in [0.3, 0.4) is 0 Å². The molecule has 2 heterocycles. The van der Waals surface area contributed by atoms with Crippen molar-refractivity contribution in [2.75, 3.05) is 7.11 Å². The van der Waals surface area contributed by atoms with Crippen LogP contribution in [0.2, 0.25) is 0 Å². The van der Waals surface area contributed by atoms with Gasteiger partial charge in [-0.1, -0.05) is 12.1 Å². The summed E-state index contributed by atoms with van der Waals surface area (Å²) in [5.41, 5.74) is 5.46. The van der Waals surface area contributed by atoms with Crippen molar-refractivity contribution < 1.29 is 9.15 Å². The van der Waals surface area contributed by atoms with Gasteiger partial charge in [-0.2, -0.15) is 0 Å². The lowest BCUT2D eigenvalue weighted by molar-refractivity contribution is 0.415. The molecule has 0 aliphatic carbocycles. The van der Waals surface area contributed by atoms with Crippen LogP contribution >= 0.6 is 0 Å². The van der Waals surface area contributed by atoms with E-state index in [4.69, 9.17) is 9.15 Å². The number of hydrogen-bond donors (Lipinski definition) is 1. The lowest BCUT2D eigenvalue weighted by Crippen LogP contribution is -1.96. The van der Waals surface area contributed by atoms with Gasteiger partial charge in [-0.25, -0.2) is 4.79 Å². The quantitative estimate of drug-likeness (QED) is 0.551. The fourth-order valence-corrected chi connectivity index (χ4v) is 3.21. The molecule has 2 aromatic carbocycles. The summed E-state index contributed by atoms with van der Waals surface area (Å²) < 4.78 is 10.8. The monoisotopic (exact) mass is 319 g/mol. The second-order valence-corrected chi connectivity index (χ2v) is 5.95. The Bertz CT molecular complexity index is 1120. The molecule has 0 aliphatic heterocycles. The summed E-state index contributed by atoms with van der Waals surface area (Å²) in [7, 11) is 1.64. The fourth-order valence-electron chi connectivity index (χ4n) is 3.21. The van der Waals surface area contributed by atoms with Gasteiger partial charge < -0.3 is 14.1 Å². The number of methoxy groups -OCH3 is 1. The maximum Gasteiger partial charge on any atom is 0.336 e. The molecule has 0 radical (unpaired) electrons. The van der Waals surface area contributed by atoms with Gasteiger partial charge in [0.25, 0.3) is 0 Å². The predicted molar refractivity (Wildman–Crippen MR) is 95.8 cm³/mol. The molecule has 1 N–H and O–H groups in total. The minimum atomic E-state index is -0.346. The average Bonchev–Trinajstić information content (AvgIpc) is 2.88. The Balaban J connectivity index is 2.12. The molecule has 4 heteroatoms. The molecule has 0 atom stereocenters. The number of aromatic amines is 1. The standard InChI is InChI=1S/C20H17NO3/c1-11-12(2)21-17-10-16(13-4-6-14(23-3)7-5-13)20-15(19(11)17)8-9-18(22)24-20/h4-10,21H,1-3H3. The van der Waals surface area contributed by atoms with Crippen molar-refractivity contribution in [2.45, 2.75) is 13.8 Å². The van der Waals surface area contributed by atoms with Crippen LogP contribution in [0.1, 0.15) is 11.3 Å². The molecule has 2 aromatic heterocycles. The molecule has 0 spiro atoms. The number of aryl methyl sites for hydroxylation is 2. The largest absolute Gasteiger partial charge is 0.497 e. The van der Waals surface area contributed by atoms with E-state index in [1.807, 2.05) is 43.3 Å². The first kappa shape index (κ1) is 14.6. The third-order valence-electron chi connectivity index (χ3n) is 4.57. The van der Waals surface area contributed by atoms with Gasteiger partial charge in [0.2, 0.25) is 0 Å². The smallest absolute Gasteiger partial charge is 0.336 e. The molecule has 0 saturated carbocycles. The van der Waals surface area contributed by atoms with Gasteiger partial charge >= 0.3 is 5.63 Å². The second-order valence-electron chi connectivity index (χ2n) is 5.95. The molecule has 4 aromatic rings. The van der Waals surface area contributed by atoms with E-state index in [1.165, 1.54) is 11.6 Å². The second kappa shape index (κ2) is 5.27. The zero-order chi connectivity index (χ0) is 16.8. The molecular weight excluding hydrogens is 302 g/mol. The molecule has 120 valence electrons. The van der Waals surface area contributed by atoms with Crippen LogP contribution in [0.5, 0.6) is 5.75 Å². The lowest BCUT2D eigenvalue weighted by atomic mass is 9.98. The molecule has 4 nitrogen and oxygen atoms in total. The van der Waals surface area contributed by atoms with Crippen molar-refractivity contribution in [2.24, 2.45) is 0 Å². The third-order valence-corrected chi connectivity index (χ3v) is 4.57. The van der Waals surface area contributed by atoms with Gasteiger partial charge in [0, 0.05) is 33.6 Å². The number of fused-ring (bicyclic) bond motifs is 3. The SMILES string of the molecule is COc1ccc(-c2cc3[nH]c(C)c(C)c3c3ccc(=O)oc23)cc1. The zero-order valence-electron chi connectivity index (χ0n) is 13.8. The summed E-state index contributed by atoms with van der Waals surface area (Å²) in [6.07, 6.45) is 0. The molecule has 0 saturated heterocycles. The van der Waals surface area contributed by atoms with Crippen LogP contribution in [0.4, 0.5) is 0 Å². The number of rotatable bonds is 2. The first-order valence-corrected chi connectivity index (χ1v) is 7.78. The Morgan fingerprint density at radius 3 is 2.50 bits per heavy atom. The molecular formula is C20H17NO3. The molecule has 0 unspecified atom stereocenters. The average molecular weight is 319 g/mol. The van der Waals surface area contributed by atoms with Gasteiger partial charge in [-0.3, -0.25) is 0 Å². The molecule has 0 aliphatic rings. The molecule has 24 heavy (non-hydrogen) atoms. The van der Waals surface area contributed by atoms with Crippen molar-refractivity contribution in [1.82, 2.24) is 4.98 Å². The minimum absolute atomic E-state index is 0.346. The Hall–Kier alpha value is -3.01. The van der Waals surface area contributed by atoms with E-state index in [0.29, 0.717) is 5.58 Å². The lowest BCUT2D eigenvalue weighted by Gasteiger charge is -2.08. The Labute approximate surface area is 138 Å². The normalized spacial score (nSPS) is 11.3. The van der Waals surface area contributed by atoms with Crippen molar-refractivity contribution >= 4 is 21.9 Å². The number of hydrogen-bond acceptors (Lipinski definition) is 3. The van der Waals surface area contributed by atoms with Crippen molar-refractivity contribution in [3.63, 3.8) is 0 Å². The molecule has 4 rings (SSSR count). The van der Waals surface area contributed by atoms with E-state index in [9.17, 15) is 4.79 Å². The molecule has 0 fully saturated rings. The Morgan fingerprint density at radius 2 is 1.79 bits per heavy atom. The number of benzene rings is 2. The Kier molecular flexibility index (Phi) is 3.20. The number of nitrogens with one attached hydrogen (secondary N) is 1. The van der Waals surface area contributed by atoms with Gasteiger partial charge in [0.05, 0.1) is 7.11 Å². The predicted octanol–water partition coefficient (Wildman–Crippen LogP) is 4.57. The van der Waals surface area contributed by atoms with E-state index in [-0.39, 0.29) is 5.63 Å². The highest BCUT2D eigenvalue weighted by Gasteiger charge is 2.15.